The van der Waals surface area contributed by atoms with Crippen molar-refractivity contribution >= 4 is 5.97 Å². The summed E-state index contributed by atoms with van der Waals surface area (Å²) in [7, 11) is 0. The molecule has 1 unspecified atom stereocenters. The first kappa shape index (κ1) is 21.7. The summed E-state index contributed by atoms with van der Waals surface area (Å²) in [6.45, 7) is 6.39. The summed E-state index contributed by atoms with van der Waals surface area (Å²) in [5.74, 6) is -0.182. The second-order valence-electron chi connectivity index (χ2n) is 7.27. The van der Waals surface area contributed by atoms with E-state index in [1.807, 2.05) is 31.2 Å². The summed E-state index contributed by atoms with van der Waals surface area (Å²) in [5.41, 5.74) is 1.82. The third kappa shape index (κ3) is 10.3. The van der Waals surface area contributed by atoms with Gasteiger partial charge in [-0.2, -0.15) is 0 Å². The molecule has 0 aliphatic rings. The van der Waals surface area contributed by atoms with E-state index in [0.717, 1.165) is 24.8 Å². The molecule has 1 rings (SSSR count). The van der Waals surface area contributed by atoms with E-state index in [4.69, 9.17) is 4.74 Å². The highest BCUT2D eigenvalue weighted by Gasteiger charge is 2.14. The van der Waals surface area contributed by atoms with E-state index in [1.165, 1.54) is 57.8 Å². The molecule has 1 atom stereocenters. The summed E-state index contributed by atoms with van der Waals surface area (Å²) in [5, 5.41) is 0. The maximum atomic E-state index is 12.2. The van der Waals surface area contributed by atoms with Crippen molar-refractivity contribution in [2.45, 2.75) is 104 Å². The molecule has 0 amide bonds. The number of carbonyl (C=O) groups is 1. The number of unbranched alkanes of at least 4 members (excludes halogenated alkanes) is 9. The Bertz CT molecular complexity index is 450. The topological polar surface area (TPSA) is 26.3 Å². The average molecular weight is 347 g/mol. The summed E-state index contributed by atoms with van der Waals surface area (Å²) in [6, 6.07) is 7.62. The first-order valence-corrected chi connectivity index (χ1v) is 10.4. The SMILES string of the molecule is CCCCCCCCCCCCC(CC)OC(=O)c1ccc(C)cc1. The second kappa shape index (κ2) is 13.9. The zero-order chi connectivity index (χ0) is 18.3. The van der Waals surface area contributed by atoms with Crippen LogP contribution in [0.3, 0.4) is 0 Å². The van der Waals surface area contributed by atoms with E-state index in [1.54, 1.807) is 0 Å². The number of hydrogen-bond acceptors (Lipinski definition) is 2. The Kier molecular flexibility index (Phi) is 12.1. The van der Waals surface area contributed by atoms with Crippen molar-refractivity contribution < 1.29 is 9.53 Å². The van der Waals surface area contributed by atoms with Crippen molar-refractivity contribution in [1.82, 2.24) is 0 Å². The highest BCUT2D eigenvalue weighted by atomic mass is 16.5. The number of carbonyl (C=O) groups excluding carboxylic acids is 1. The first-order valence-electron chi connectivity index (χ1n) is 10.4. The smallest absolute Gasteiger partial charge is 0.338 e. The van der Waals surface area contributed by atoms with Gasteiger partial charge in [-0.3, -0.25) is 0 Å². The summed E-state index contributed by atoms with van der Waals surface area (Å²) < 4.78 is 5.67. The van der Waals surface area contributed by atoms with E-state index in [9.17, 15) is 4.79 Å². The van der Waals surface area contributed by atoms with Gasteiger partial charge in [-0.05, 0) is 38.3 Å². The van der Waals surface area contributed by atoms with Crippen molar-refractivity contribution in [3.8, 4) is 0 Å². The Balaban J connectivity index is 2.09. The van der Waals surface area contributed by atoms with Gasteiger partial charge in [-0.1, -0.05) is 89.3 Å². The van der Waals surface area contributed by atoms with Crippen LogP contribution in [-0.4, -0.2) is 12.1 Å². The molecule has 1 aromatic rings. The number of hydrogen-bond donors (Lipinski definition) is 0. The van der Waals surface area contributed by atoms with Gasteiger partial charge in [-0.25, -0.2) is 4.79 Å². The molecule has 142 valence electrons. The van der Waals surface area contributed by atoms with Gasteiger partial charge in [0.15, 0.2) is 0 Å². The van der Waals surface area contributed by atoms with Crippen LogP contribution in [0, 0.1) is 6.92 Å². The van der Waals surface area contributed by atoms with Crippen molar-refractivity contribution in [2.75, 3.05) is 0 Å². The van der Waals surface area contributed by atoms with E-state index < -0.39 is 0 Å². The van der Waals surface area contributed by atoms with Gasteiger partial charge in [0, 0.05) is 0 Å². The number of benzene rings is 1. The molecule has 1 aromatic carbocycles. The van der Waals surface area contributed by atoms with Crippen LogP contribution in [0.4, 0.5) is 0 Å². The van der Waals surface area contributed by atoms with Crippen LogP contribution in [0.1, 0.15) is 107 Å². The number of ether oxygens (including phenoxy) is 1. The molecule has 2 heteroatoms. The van der Waals surface area contributed by atoms with Gasteiger partial charge >= 0.3 is 5.97 Å². The number of rotatable bonds is 14. The Morgan fingerprint density at radius 3 is 1.88 bits per heavy atom. The Morgan fingerprint density at radius 2 is 1.36 bits per heavy atom. The van der Waals surface area contributed by atoms with Crippen LogP contribution in [0.2, 0.25) is 0 Å². The molecular formula is C23H38O2. The largest absolute Gasteiger partial charge is 0.459 e. The zero-order valence-corrected chi connectivity index (χ0v) is 16.7. The van der Waals surface area contributed by atoms with Gasteiger partial charge < -0.3 is 4.74 Å². The Labute approximate surface area is 155 Å². The van der Waals surface area contributed by atoms with Crippen molar-refractivity contribution in [3.63, 3.8) is 0 Å². The molecule has 0 heterocycles. The summed E-state index contributed by atoms with van der Waals surface area (Å²) in [6.07, 6.45) is 15.3. The highest BCUT2D eigenvalue weighted by Crippen LogP contribution is 2.16. The molecule has 0 fully saturated rings. The molecule has 0 saturated carbocycles. The van der Waals surface area contributed by atoms with Gasteiger partial charge in [0.2, 0.25) is 0 Å². The Hall–Kier alpha value is -1.31. The van der Waals surface area contributed by atoms with E-state index >= 15 is 0 Å². The lowest BCUT2D eigenvalue weighted by atomic mass is 10.0. The highest BCUT2D eigenvalue weighted by molar-refractivity contribution is 5.89. The molecule has 25 heavy (non-hydrogen) atoms. The fraction of sp³-hybridized carbons (Fsp3) is 0.696. The molecular weight excluding hydrogens is 308 g/mol. The molecule has 0 aromatic heterocycles. The second-order valence-corrected chi connectivity index (χ2v) is 7.27. The molecule has 0 radical (unpaired) electrons. The molecule has 0 aliphatic heterocycles. The maximum Gasteiger partial charge on any atom is 0.338 e. The van der Waals surface area contributed by atoms with Gasteiger partial charge in [0.25, 0.3) is 0 Å². The minimum atomic E-state index is -0.182. The van der Waals surface area contributed by atoms with E-state index in [2.05, 4.69) is 13.8 Å². The maximum absolute atomic E-state index is 12.2. The van der Waals surface area contributed by atoms with Crippen LogP contribution in [0.25, 0.3) is 0 Å². The van der Waals surface area contributed by atoms with Gasteiger partial charge in [-0.15, -0.1) is 0 Å². The van der Waals surface area contributed by atoms with Crippen LogP contribution in [0.15, 0.2) is 24.3 Å². The fourth-order valence-corrected chi connectivity index (χ4v) is 3.11. The average Bonchev–Trinajstić information content (AvgIpc) is 2.62. The molecule has 0 bridgehead atoms. The molecule has 0 aliphatic carbocycles. The monoisotopic (exact) mass is 346 g/mol. The molecule has 2 nitrogen and oxygen atoms in total. The van der Waals surface area contributed by atoms with Crippen LogP contribution in [-0.2, 0) is 4.74 Å². The van der Waals surface area contributed by atoms with Gasteiger partial charge in [0.1, 0.15) is 6.10 Å². The number of aryl methyl sites for hydroxylation is 1. The number of esters is 1. The van der Waals surface area contributed by atoms with Crippen LogP contribution < -0.4 is 0 Å². The minimum Gasteiger partial charge on any atom is -0.459 e. The lowest BCUT2D eigenvalue weighted by Gasteiger charge is -2.16. The summed E-state index contributed by atoms with van der Waals surface area (Å²) >= 11 is 0. The predicted octanol–water partition coefficient (Wildman–Crippen LogP) is 7.24. The lowest BCUT2D eigenvalue weighted by Crippen LogP contribution is -2.17. The minimum absolute atomic E-state index is 0.0582. The predicted molar refractivity (Wildman–Crippen MR) is 107 cm³/mol. The quantitative estimate of drug-likeness (QED) is 0.262. The van der Waals surface area contributed by atoms with E-state index in [-0.39, 0.29) is 12.1 Å². The first-order chi connectivity index (χ1) is 12.2. The normalized spacial score (nSPS) is 12.1. The molecule has 0 saturated heterocycles. The lowest BCUT2D eigenvalue weighted by molar-refractivity contribution is 0.0267. The summed E-state index contributed by atoms with van der Waals surface area (Å²) in [4.78, 5) is 12.2. The fourth-order valence-electron chi connectivity index (χ4n) is 3.11. The Morgan fingerprint density at radius 1 is 0.840 bits per heavy atom. The van der Waals surface area contributed by atoms with Crippen molar-refractivity contribution in [1.29, 1.82) is 0 Å². The third-order valence-electron chi connectivity index (χ3n) is 4.90. The molecule has 0 N–H and O–H groups in total. The zero-order valence-electron chi connectivity index (χ0n) is 16.7. The van der Waals surface area contributed by atoms with Crippen LogP contribution in [0.5, 0.6) is 0 Å². The van der Waals surface area contributed by atoms with E-state index in [0.29, 0.717) is 5.56 Å². The standard InChI is InChI=1S/C23H38O2/c1-4-6-7-8-9-10-11-12-13-14-15-22(5-2)25-23(24)21-18-16-20(3)17-19-21/h16-19,22H,4-15H2,1-3H3. The van der Waals surface area contributed by atoms with Crippen molar-refractivity contribution in [3.05, 3.63) is 35.4 Å². The van der Waals surface area contributed by atoms with Crippen LogP contribution >= 0.6 is 0 Å². The van der Waals surface area contributed by atoms with Crippen molar-refractivity contribution in [2.24, 2.45) is 0 Å². The molecule has 0 spiro atoms. The third-order valence-corrected chi connectivity index (χ3v) is 4.90. The van der Waals surface area contributed by atoms with Gasteiger partial charge in [0.05, 0.1) is 5.56 Å².